The molecule has 0 radical (unpaired) electrons. The molecule has 1 fully saturated rings. The summed E-state index contributed by atoms with van der Waals surface area (Å²) in [6, 6.07) is 4.18. The largest absolute Gasteiger partial charge is 0.489 e. The van der Waals surface area contributed by atoms with Gasteiger partial charge in [0, 0.05) is 30.5 Å². The monoisotopic (exact) mass is 625 g/mol. The number of sulfone groups is 1. The van der Waals surface area contributed by atoms with Crippen molar-refractivity contribution in [1.29, 1.82) is 0 Å². The fourth-order valence-corrected chi connectivity index (χ4v) is 6.77. The van der Waals surface area contributed by atoms with Gasteiger partial charge in [0.05, 0.1) is 26.6 Å². The van der Waals surface area contributed by atoms with Gasteiger partial charge in [-0.2, -0.15) is 8.78 Å². The Morgan fingerprint density at radius 3 is 2.42 bits per heavy atom. The standard InChI is InChI=1S/C24H20Cl3F2NO6S2/c1-38(32,33)20-11-37-22(21(20)27)23(31)35-18(7-14-15(25)8-30-9-16(14)26)13-4-5-17(36-24(28)29)19(6-13)34-10-12-2-3-12/h4-6,8-9,11-12,18,24H,2-3,7,10H2,1H3/t18-/m0/s1. The van der Waals surface area contributed by atoms with Crippen LogP contribution in [-0.2, 0) is 21.0 Å². The number of esters is 1. The second-order valence-corrected chi connectivity index (χ2v) is 12.6. The van der Waals surface area contributed by atoms with Crippen LogP contribution in [0.5, 0.6) is 11.5 Å². The van der Waals surface area contributed by atoms with Gasteiger partial charge in [-0.3, -0.25) is 4.98 Å². The lowest BCUT2D eigenvalue weighted by molar-refractivity contribution is -0.0515. The van der Waals surface area contributed by atoms with Crippen LogP contribution in [0.15, 0.2) is 40.9 Å². The zero-order chi connectivity index (χ0) is 27.6. The number of rotatable bonds is 11. The Kier molecular flexibility index (Phi) is 9.03. The third-order valence-electron chi connectivity index (χ3n) is 5.60. The van der Waals surface area contributed by atoms with Crippen molar-refractivity contribution in [2.24, 2.45) is 5.92 Å². The van der Waals surface area contributed by atoms with Crippen LogP contribution in [0, 0.1) is 5.92 Å². The van der Waals surface area contributed by atoms with Crippen LogP contribution < -0.4 is 9.47 Å². The summed E-state index contributed by atoms with van der Waals surface area (Å²) >= 11 is 19.6. The van der Waals surface area contributed by atoms with Crippen molar-refractivity contribution in [2.45, 2.75) is 36.9 Å². The number of benzene rings is 1. The predicted octanol–water partition coefficient (Wildman–Crippen LogP) is 7.04. The molecule has 1 atom stereocenters. The predicted molar refractivity (Wildman–Crippen MR) is 140 cm³/mol. The molecule has 7 nitrogen and oxygen atoms in total. The van der Waals surface area contributed by atoms with Gasteiger partial charge in [0.25, 0.3) is 0 Å². The van der Waals surface area contributed by atoms with Gasteiger partial charge in [0.15, 0.2) is 21.3 Å². The number of thiophene rings is 1. The minimum absolute atomic E-state index is 0.0228. The summed E-state index contributed by atoms with van der Waals surface area (Å²) in [7, 11) is -3.68. The van der Waals surface area contributed by atoms with Crippen molar-refractivity contribution in [1.82, 2.24) is 4.98 Å². The van der Waals surface area contributed by atoms with Gasteiger partial charge in [-0.1, -0.05) is 40.9 Å². The Balaban J connectivity index is 1.71. The Morgan fingerprint density at radius 1 is 1.16 bits per heavy atom. The van der Waals surface area contributed by atoms with E-state index < -0.39 is 28.5 Å². The molecule has 0 bridgehead atoms. The Hall–Kier alpha value is -2.18. The normalized spacial score (nSPS) is 14.4. The third kappa shape index (κ3) is 7.06. The third-order valence-corrected chi connectivity index (χ3v) is 9.10. The topological polar surface area (TPSA) is 91.8 Å². The van der Waals surface area contributed by atoms with E-state index in [9.17, 15) is 22.0 Å². The summed E-state index contributed by atoms with van der Waals surface area (Å²) in [5.74, 6) is -0.689. The molecule has 2 aromatic heterocycles. The van der Waals surface area contributed by atoms with Crippen LogP contribution in [0.3, 0.4) is 0 Å². The first-order valence-corrected chi connectivity index (χ1v) is 15.0. The van der Waals surface area contributed by atoms with Crippen molar-refractivity contribution in [3.63, 3.8) is 0 Å². The number of pyridine rings is 1. The zero-order valence-electron chi connectivity index (χ0n) is 19.6. The molecule has 1 aliphatic carbocycles. The molecule has 1 aliphatic rings. The van der Waals surface area contributed by atoms with Crippen LogP contribution in [0.2, 0.25) is 15.1 Å². The van der Waals surface area contributed by atoms with E-state index in [0.29, 0.717) is 23.7 Å². The summed E-state index contributed by atoms with van der Waals surface area (Å²) in [6.45, 7) is -2.76. The Bertz CT molecular complexity index is 1430. The number of hydrogen-bond donors (Lipinski definition) is 0. The highest BCUT2D eigenvalue weighted by molar-refractivity contribution is 7.91. The van der Waals surface area contributed by atoms with E-state index >= 15 is 0 Å². The van der Waals surface area contributed by atoms with Crippen LogP contribution in [0.25, 0.3) is 0 Å². The van der Waals surface area contributed by atoms with Crippen molar-refractivity contribution in [3.05, 3.63) is 67.0 Å². The maximum Gasteiger partial charge on any atom is 0.387 e. The van der Waals surface area contributed by atoms with Crippen LogP contribution in [-0.4, -0.2) is 38.8 Å². The lowest BCUT2D eigenvalue weighted by atomic mass is 10.0. The van der Waals surface area contributed by atoms with Crippen molar-refractivity contribution in [2.75, 3.05) is 12.9 Å². The van der Waals surface area contributed by atoms with Gasteiger partial charge in [-0.05, 0) is 42.0 Å². The van der Waals surface area contributed by atoms with E-state index in [2.05, 4.69) is 9.72 Å². The first kappa shape index (κ1) is 28.8. The quantitative estimate of drug-likeness (QED) is 0.211. The number of carbonyl (C=O) groups excluding carboxylic acids is 1. The number of carbonyl (C=O) groups is 1. The molecule has 0 saturated heterocycles. The first-order chi connectivity index (χ1) is 17.9. The highest BCUT2D eigenvalue weighted by Crippen LogP contribution is 2.39. The molecule has 38 heavy (non-hydrogen) atoms. The molecular formula is C24H20Cl3F2NO6S2. The van der Waals surface area contributed by atoms with Crippen LogP contribution in [0.4, 0.5) is 8.78 Å². The fourth-order valence-electron chi connectivity index (χ4n) is 3.47. The molecule has 1 saturated carbocycles. The first-order valence-electron chi connectivity index (χ1n) is 11.1. The van der Waals surface area contributed by atoms with Gasteiger partial charge < -0.3 is 14.2 Å². The number of hydrogen-bond acceptors (Lipinski definition) is 8. The highest BCUT2D eigenvalue weighted by Gasteiger charge is 2.29. The summed E-state index contributed by atoms with van der Waals surface area (Å²) < 4.78 is 66.0. The molecular weight excluding hydrogens is 607 g/mol. The molecule has 0 N–H and O–H groups in total. The van der Waals surface area contributed by atoms with E-state index in [1.165, 1.54) is 36.0 Å². The number of nitrogens with zero attached hydrogens (tertiary/aromatic N) is 1. The van der Waals surface area contributed by atoms with Gasteiger partial charge >= 0.3 is 12.6 Å². The molecule has 1 aromatic carbocycles. The van der Waals surface area contributed by atoms with Crippen LogP contribution in [0.1, 0.15) is 39.7 Å². The van der Waals surface area contributed by atoms with E-state index in [-0.39, 0.29) is 42.8 Å². The van der Waals surface area contributed by atoms with E-state index in [1.807, 2.05) is 0 Å². The molecule has 0 spiro atoms. The Labute approximate surface area is 236 Å². The second-order valence-electron chi connectivity index (χ2n) is 8.53. The SMILES string of the molecule is CS(=O)(=O)c1csc(C(=O)O[C@@H](Cc2c(Cl)cncc2Cl)c2ccc(OC(F)F)c(OCC3CC3)c2)c1Cl. The van der Waals surface area contributed by atoms with Crippen molar-refractivity contribution >= 4 is 61.9 Å². The number of alkyl halides is 2. The summed E-state index contributed by atoms with van der Waals surface area (Å²) in [4.78, 5) is 16.7. The van der Waals surface area contributed by atoms with E-state index in [1.54, 1.807) is 0 Å². The average Bonchev–Trinajstić information content (AvgIpc) is 3.58. The van der Waals surface area contributed by atoms with Crippen molar-refractivity contribution < 1.29 is 36.2 Å². The molecule has 0 aliphatic heterocycles. The summed E-state index contributed by atoms with van der Waals surface area (Å²) in [5, 5.41) is 1.43. The molecule has 0 amide bonds. The molecule has 0 unspecified atom stereocenters. The smallest absolute Gasteiger partial charge is 0.387 e. The van der Waals surface area contributed by atoms with Gasteiger partial charge in [-0.25, -0.2) is 13.2 Å². The molecule has 4 rings (SSSR count). The summed E-state index contributed by atoms with van der Waals surface area (Å²) in [5.41, 5.74) is 0.786. The maximum atomic E-state index is 13.1. The zero-order valence-corrected chi connectivity index (χ0v) is 23.5. The average molecular weight is 627 g/mol. The van der Waals surface area contributed by atoms with Crippen LogP contribution >= 0.6 is 46.1 Å². The van der Waals surface area contributed by atoms with E-state index in [0.717, 1.165) is 30.4 Å². The van der Waals surface area contributed by atoms with Crippen molar-refractivity contribution in [3.8, 4) is 11.5 Å². The number of aromatic nitrogens is 1. The van der Waals surface area contributed by atoms with Gasteiger partial charge in [0.2, 0.25) is 0 Å². The molecule has 14 heteroatoms. The minimum atomic E-state index is -3.68. The summed E-state index contributed by atoms with van der Waals surface area (Å²) in [6.07, 6.45) is 4.59. The highest BCUT2D eigenvalue weighted by atomic mass is 35.5. The number of halogens is 5. The number of ether oxygens (including phenoxy) is 3. The molecule has 204 valence electrons. The Morgan fingerprint density at radius 2 is 1.84 bits per heavy atom. The van der Waals surface area contributed by atoms with Gasteiger partial charge in [-0.15, -0.1) is 11.3 Å². The minimum Gasteiger partial charge on any atom is -0.489 e. The molecule has 3 aromatic rings. The maximum absolute atomic E-state index is 13.1. The lowest BCUT2D eigenvalue weighted by Crippen LogP contribution is -2.15. The fraction of sp³-hybridized carbons (Fsp3) is 0.333. The van der Waals surface area contributed by atoms with Gasteiger partial charge in [0.1, 0.15) is 11.0 Å². The van der Waals surface area contributed by atoms with E-state index in [4.69, 9.17) is 44.3 Å². The lowest BCUT2D eigenvalue weighted by Gasteiger charge is -2.21. The molecule has 2 heterocycles. The second kappa shape index (κ2) is 11.9.